The van der Waals surface area contributed by atoms with Gasteiger partial charge < -0.3 is 16.2 Å². The van der Waals surface area contributed by atoms with Gasteiger partial charge in [-0.2, -0.15) is 0 Å². The Morgan fingerprint density at radius 3 is 2.57 bits per heavy atom. The predicted octanol–water partition coefficient (Wildman–Crippen LogP) is 2.27. The summed E-state index contributed by atoms with van der Waals surface area (Å²) in [4.78, 5) is 4.23. The molecule has 1 aromatic rings. The minimum atomic E-state index is -1.16. The molecule has 1 aromatic carbocycles. The summed E-state index contributed by atoms with van der Waals surface area (Å²) in [6, 6.07) is 6.18. The van der Waals surface area contributed by atoms with Gasteiger partial charge in [0.15, 0.2) is 5.96 Å². The highest BCUT2D eigenvalue weighted by Crippen LogP contribution is 2.21. The van der Waals surface area contributed by atoms with Crippen molar-refractivity contribution in [2.45, 2.75) is 50.7 Å². The van der Waals surface area contributed by atoms with Crippen molar-refractivity contribution < 1.29 is 9.50 Å². The van der Waals surface area contributed by atoms with Crippen LogP contribution in [0.4, 0.5) is 4.39 Å². The Balaban J connectivity index is 1.92. The van der Waals surface area contributed by atoms with Gasteiger partial charge in [-0.3, -0.25) is 4.99 Å². The van der Waals surface area contributed by atoms with Gasteiger partial charge in [0.05, 0.1) is 6.54 Å². The summed E-state index contributed by atoms with van der Waals surface area (Å²) in [5.74, 6) is 0.0424. The van der Waals surface area contributed by atoms with Gasteiger partial charge in [-0.1, -0.05) is 31.4 Å². The van der Waals surface area contributed by atoms with Crippen LogP contribution in [0.25, 0.3) is 0 Å². The SMILES string of the molecule is CC(O)(CN=C(N)NC1CCCCC1)c1ccc(F)cc1. The lowest BCUT2D eigenvalue weighted by Gasteiger charge is -2.25. The van der Waals surface area contributed by atoms with E-state index in [4.69, 9.17) is 5.73 Å². The first-order valence-corrected chi connectivity index (χ1v) is 7.52. The lowest BCUT2D eigenvalue weighted by molar-refractivity contribution is 0.0672. The fourth-order valence-electron chi connectivity index (χ4n) is 2.64. The number of benzene rings is 1. The van der Waals surface area contributed by atoms with Crippen molar-refractivity contribution in [2.24, 2.45) is 10.7 Å². The van der Waals surface area contributed by atoms with Gasteiger partial charge in [-0.15, -0.1) is 0 Å². The van der Waals surface area contributed by atoms with Crippen LogP contribution in [0.15, 0.2) is 29.3 Å². The van der Waals surface area contributed by atoms with E-state index in [0.717, 1.165) is 12.8 Å². The molecule has 0 radical (unpaired) electrons. The number of hydrogen-bond donors (Lipinski definition) is 3. The van der Waals surface area contributed by atoms with Gasteiger partial charge in [-0.05, 0) is 37.5 Å². The minimum absolute atomic E-state index is 0.143. The fourth-order valence-corrected chi connectivity index (χ4v) is 2.64. The smallest absolute Gasteiger partial charge is 0.188 e. The Hall–Kier alpha value is -1.62. The Bertz CT molecular complexity index is 479. The van der Waals surface area contributed by atoms with Crippen molar-refractivity contribution >= 4 is 5.96 Å². The molecule has 1 aliphatic carbocycles. The van der Waals surface area contributed by atoms with Crippen LogP contribution in [0.5, 0.6) is 0 Å². The highest BCUT2D eigenvalue weighted by atomic mass is 19.1. The second-order valence-corrected chi connectivity index (χ2v) is 5.96. The third kappa shape index (κ3) is 4.70. The third-order valence-electron chi connectivity index (χ3n) is 3.98. The summed E-state index contributed by atoms with van der Waals surface area (Å²) in [7, 11) is 0. The van der Waals surface area contributed by atoms with Gasteiger partial charge in [0, 0.05) is 6.04 Å². The van der Waals surface area contributed by atoms with Crippen molar-refractivity contribution in [1.82, 2.24) is 5.32 Å². The maximum atomic E-state index is 12.9. The first kappa shape index (κ1) is 15.8. The van der Waals surface area contributed by atoms with E-state index >= 15 is 0 Å². The van der Waals surface area contributed by atoms with E-state index in [-0.39, 0.29) is 12.4 Å². The molecule has 4 N–H and O–H groups in total. The standard InChI is InChI=1S/C16H24FN3O/c1-16(21,12-7-9-13(17)10-8-12)11-19-15(18)20-14-5-3-2-4-6-14/h7-10,14,21H,2-6,11H2,1H3,(H3,18,19,20). The van der Waals surface area contributed by atoms with E-state index in [0.29, 0.717) is 17.6 Å². The molecule has 0 saturated heterocycles. The van der Waals surface area contributed by atoms with Crippen LogP contribution < -0.4 is 11.1 Å². The summed E-state index contributed by atoms with van der Waals surface area (Å²) in [5, 5.41) is 13.6. The van der Waals surface area contributed by atoms with Gasteiger partial charge >= 0.3 is 0 Å². The highest BCUT2D eigenvalue weighted by Gasteiger charge is 2.23. The van der Waals surface area contributed by atoms with Gasteiger partial charge in [-0.25, -0.2) is 4.39 Å². The molecule has 2 rings (SSSR count). The average Bonchev–Trinajstić information content (AvgIpc) is 2.47. The molecule has 0 aliphatic heterocycles. The Kier molecular flexibility index (Phi) is 5.17. The zero-order chi connectivity index (χ0) is 15.3. The molecule has 116 valence electrons. The van der Waals surface area contributed by atoms with Crippen LogP contribution in [-0.4, -0.2) is 23.7 Å². The van der Waals surface area contributed by atoms with Crippen LogP contribution in [-0.2, 0) is 5.60 Å². The van der Waals surface area contributed by atoms with Gasteiger partial charge in [0.1, 0.15) is 11.4 Å². The van der Waals surface area contributed by atoms with Crippen LogP contribution in [0.1, 0.15) is 44.6 Å². The second-order valence-electron chi connectivity index (χ2n) is 5.96. The number of nitrogens with two attached hydrogens (primary N) is 1. The van der Waals surface area contributed by atoms with Crippen LogP contribution in [0.3, 0.4) is 0 Å². The summed E-state index contributed by atoms with van der Waals surface area (Å²) in [5.41, 5.74) is 5.34. The van der Waals surface area contributed by atoms with E-state index in [9.17, 15) is 9.50 Å². The normalized spacial score (nSPS) is 20.0. The van der Waals surface area contributed by atoms with Crippen molar-refractivity contribution in [3.05, 3.63) is 35.6 Å². The van der Waals surface area contributed by atoms with Crippen molar-refractivity contribution in [3.8, 4) is 0 Å². The molecule has 0 spiro atoms. The van der Waals surface area contributed by atoms with Gasteiger partial charge in [0.25, 0.3) is 0 Å². The molecule has 21 heavy (non-hydrogen) atoms. The lowest BCUT2D eigenvalue weighted by atomic mass is 9.95. The number of hydrogen-bond acceptors (Lipinski definition) is 2. The van der Waals surface area contributed by atoms with Crippen LogP contribution >= 0.6 is 0 Å². The average molecular weight is 293 g/mol. The molecule has 0 amide bonds. The molecule has 4 nitrogen and oxygen atoms in total. The molecular weight excluding hydrogens is 269 g/mol. The lowest BCUT2D eigenvalue weighted by Crippen LogP contribution is -2.42. The number of aliphatic hydroxyl groups is 1. The molecule has 1 saturated carbocycles. The number of nitrogens with one attached hydrogen (secondary N) is 1. The summed E-state index contributed by atoms with van der Waals surface area (Å²) in [6.07, 6.45) is 5.96. The third-order valence-corrected chi connectivity index (χ3v) is 3.98. The summed E-state index contributed by atoms with van der Waals surface area (Å²) < 4.78 is 12.9. The second kappa shape index (κ2) is 6.89. The number of guanidine groups is 1. The quantitative estimate of drug-likeness (QED) is 0.589. The zero-order valence-corrected chi connectivity index (χ0v) is 12.5. The van der Waals surface area contributed by atoms with E-state index in [1.165, 1.54) is 31.4 Å². The zero-order valence-electron chi connectivity index (χ0n) is 12.5. The van der Waals surface area contributed by atoms with E-state index in [1.54, 1.807) is 19.1 Å². The summed E-state index contributed by atoms with van der Waals surface area (Å²) in [6.45, 7) is 1.79. The molecule has 1 fully saturated rings. The van der Waals surface area contributed by atoms with Crippen molar-refractivity contribution in [1.29, 1.82) is 0 Å². The maximum Gasteiger partial charge on any atom is 0.188 e. The largest absolute Gasteiger partial charge is 0.384 e. The van der Waals surface area contributed by atoms with Crippen LogP contribution in [0, 0.1) is 5.82 Å². The predicted molar refractivity (Wildman–Crippen MR) is 82.5 cm³/mol. The Morgan fingerprint density at radius 1 is 1.33 bits per heavy atom. The topological polar surface area (TPSA) is 70.6 Å². The monoisotopic (exact) mass is 293 g/mol. The number of rotatable bonds is 4. The van der Waals surface area contributed by atoms with E-state index < -0.39 is 5.60 Å². The first-order valence-electron chi connectivity index (χ1n) is 7.52. The van der Waals surface area contributed by atoms with E-state index in [1.807, 2.05) is 0 Å². The van der Waals surface area contributed by atoms with E-state index in [2.05, 4.69) is 10.3 Å². The van der Waals surface area contributed by atoms with Gasteiger partial charge in [0.2, 0.25) is 0 Å². The maximum absolute atomic E-state index is 12.9. The number of halogens is 1. The Labute approximate surface area is 125 Å². The molecule has 0 bridgehead atoms. The highest BCUT2D eigenvalue weighted by molar-refractivity contribution is 5.78. The fraction of sp³-hybridized carbons (Fsp3) is 0.562. The molecule has 1 unspecified atom stereocenters. The molecule has 1 aliphatic rings. The molecule has 1 atom stereocenters. The number of aliphatic imine (C=N–C) groups is 1. The van der Waals surface area contributed by atoms with Crippen LogP contribution in [0.2, 0.25) is 0 Å². The minimum Gasteiger partial charge on any atom is -0.384 e. The Morgan fingerprint density at radius 2 is 1.95 bits per heavy atom. The first-order chi connectivity index (χ1) is 9.97. The molecule has 5 heteroatoms. The summed E-state index contributed by atoms with van der Waals surface area (Å²) >= 11 is 0. The van der Waals surface area contributed by atoms with Crippen molar-refractivity contribution in [2.75, 3.05) is 6.54 Å². The molecule has 0 heterocycles. The molecule has 0 aromatic heterocycles. The molecular formula is C16H24FN3O. The number of nitrogens with zero attached hydrogens (tertiary/aromatic N) is 1. The van der Waals surface area contributed by atoms with Crippen molar-refractivity contribution in [3.63, 3.8) is 0 Å².